The number of benzene rings is 2. The van der Waals surface area contributed by atoms with Gasteiger partial charge in [0.05, 0.1) is 17.7 Å². The van der Waals surface area contributed by atoms with E-state index in [-0.39, 0.29) is 23.0 Å². The van der Waals surface area contributed by atoms with Crippen molar-refractivity contribution in [3.8, 4) is 17.1 Å². The first-order valence-corrected chi connectivity index (χ1v) is 11.2. The number of nitrogens with one attached hydrogen (secondary N) is 1. The molecule has 0 aliphatic heterocycles. The fourth-order valence-corrected chi connectivity index (χ4v) is 4.76. The van der Waals surface area contributed by atoms with Crippen molar-refractivity contribution in [2.75, 3.05) is 13.7 Å². The molecule has 0 aliphatic rings. The second-order valence-corrected chi connectivity index (χ2v) is 8.91. The zero-order valence-electron chi connectivity index (χ0n) is 15.7. The summed E-state index contributed by atoms with van der Waals surface area (Å²) in [5.41, 5.74) is 1.30. The second-order valence-electron chi connectivity index (χ2n) is 6.31. The average Bonchev–Trinajstić information content (AvgIpc) is 3.29. The van der Waals surface area contributed by atoms with Crippen LogP contribution in [-0.2, 0) is 16.4 Å². The number of nitrogens with zero attached hydrogens (tertiary/aromatic N) is 3. The average molecular weight is 450 g/mol. The summed E-state index contributed by atoms with van der Waals surface area (Å²) < 4.78 is 60.9. The van der Waals surface area contributed by atoms with Crippen LogP contribution in [0.5, 0.6) is 5.75 Å². The molecule has 0 radical (unpaired) electrons. The van der Waals surface area contributed by atoms with Gasteiger partial charge in [-0.05, 0) is 30.3 Å². The number of halogens is 2. The van der Waals surface area contributed by atoms with Crippen LogP contribution in [-0.4, -0.2) is 36.7 Å². The Labute approximate surface area is 175 Å². The number of sulfonamides is 1. The molecule has 7 nitrogen and oxygen atoms in total. The number of ether oxygens (including phenoxy) is 1. The molecule has 0 unspecified atom stereocenters. The molecular weight excluding hydrogens is 434 g/mol. The standard InChI is InChI=1S/C19H16F2N4O3S2/c1-28-17-6-5-15(10-16(17)21)30(26,27)22-8-7-14-11-29-19-23-18(24-25(14)19)12-3-2-4-13(20)9-12/h2-6,9-11,22H,7-8H2,1H3. The first-order valence-electron chi connectivity index (χ1n) is 8.79. The zero-order valence-corrected chi connectivity index (χ0v) is 17.3. The lowest BCUT2D eigenvalue weighted by Gasteiger charge is -2.08. The molecule has 0 atom stereocenters. The molecule has 4 aromatic rings. The maximum Gasteiger partial charge on any atom is 0.240 e. The summed E-state index contributed by atoms with van der Waals surface area (Å²) in [6.45, 7) is 0.0803. The highest BCUT2D eigenvalue weighted by atomic mass is 32.2. The molecule has 156 valence electrons. The lowest BCUT2D eigenvalue weighted by Crippen LogP contribution is -2.26. The molecule has 0 fully saturated rings. The highest BCUT2D eigenvalue weighted by molar-refractivity contribution is 7.89. The first kappa shape index (κ1) is 20.4. The minimum atomic E-state index is -3.89. The van der Waals surface area contributed by atoms with Crippen molar-refractivity contribution >= 4 is 26.3 Å². The molecule has 1 N–H and O–H groups in total. The van der Waals surface area contributed by atoms with Gasteiger partial charge in [-0.25, -0.2) is 26.4 Å². The van der Waals surface area contributed by atoms with E-state index < -0.39 is 15.8 Å². The highest BCUT2D eigenvalue weighted by Gasteiger charge is 2.17. The van der Waals surface area contributed by atoms with Gasteiger partial charge >= 0.3 is 0 Å². The van der Waals surface area contributed by atoms with Gasteiger partial charge in [0.2, 0.25) is 15.0 Å². The third kappa shape index (κ3) is 4.04. The van der Waals surface area contributed by atoms with Crippen molar-refractivity contribution in [2.45, 2.75) is 11.3 Å². The number of rotatable bonds is 7. The molecular formula is C19H16F2N4O3S2. The van der Waals surface area contributed by atoms with E-state index in [1.165, 1.54) is 42.7 Å². The molecule has 0 amide bonds. The van der Waals surface area contributed by atoms with E-state index in [9.17, 15) is 17.2 Å². The Kier molecular flexibility index (Phi) is 5.50. The third-order valence-electron chi connectivity index (χ3n) is 4.34. The normalized spacial score (nSPS) is 11.8. The van der Waals surface area contributed by atoms with Crippen molar-refractivity contribution < 1.29 is 21.9 Å². The van der Waals surface area contributed by atoms with Crippen molar-refractivity contribution in [3.63, 3.8) is 0 Å². The summed E-state index contributed by atoms with van der Waals surface area (Å²) >= 11 is 1.35. The van der Waals surface area contributed by atoms with E-state index in [2.05, 4.69) is 14.8 Å². The van der Waals surface area contributed by atoms with Gasteiger partial charge in [0.1, 0.15) is 5.82 Å². The number of methoxy groups -OCH3 is 1. The highest BCUT2D eigenvalue weighted by Crippen LogP contribution is 2.22. The summed E-state index contributed by atoms with van der Waals surface area (Å²) in [7, 11) is -2.58. The molecule has 4 rings (SSSR count). The Morgan fingerprint density at radius 2 is 2.03 bits per heavy atom. The summed E-state index contributed by atoms with van der Waals surface area (Å²) in [6, 6.07) is 9.43. The van der Waals surface area contributed by atoms with E-state index in [4.69, 9.17) is 4.74 Å². The Hall–Kier alpha value is -2.89. The van der Waals surface area contributed by atoms with E-state index in [1.807, 2.05) is 5.38 Å². The number of hydrogen-bond donors (Lipinski definition) is 1. The van der Waals surface area contributed by atoms with Crippen molar-refractivity contribution in [1.82, 2.24) is 19.3 Å². The van der Waals surface area contributed by atoms with Gasteiger partial charge in [0.25, 0.3) is 0 Å². The van der Waals surface area contributed by atoms with Gasteiger partial charge in [0.15, 0.2) is 17.4 Å². The van der Waals surface area contributed by atoms with Gasteiger partial charge in [-0.3, -0.25) is 0 Å². The third-order valence-corrected chi connectivity index (χ3v) is 6.66. The van der Waals surface area contributed by atoms with Gasteiger partial charge in [0, 0.05) is 23.9 Å². The van der Waals surface area contributed by atoms with E-state index in [0.29, 0.717) is 22.8 Å². The Morgan fingerprint density at radius 1 is 1.20 bits per heavy atom. The Bertz CT molecular complexity index is 1320. The quantitative estimate of drug-likeness (QED) is 0.467. The fourth-order valence-electron chi connectivity index (χ4n) is 2.86. The van der Waals surface area contributed by atoms with E-state index in [0.717, 1.165) is 11.8 Å². The smallest absolute Gasteiger partial charge is 0.240 e. The summed E-state index contributed by atoms with van der Waals surface area (Å²) in [5, 5.41) is 6.22. The lowest BCUT2D eigenvalue weighted by molar-refractivity contribution is 0.385. The largest absolute Gasteiger partial charge is 0.494 e. The topological polar surface area (TPSA) is 85.6 Å². The van der Waals surface area contributed by atoms with Crippen LogP contribution in [0, 0.1) is 11.6 Å². The van der Waals surface area contributed by atoms with Crippen LogP contribution < -0.4 is 9.46 Å². The van der Waals surface area contributed by atoms with Crippen LogP contribution in [0.3, 0.4) is 0 Å². The molecule has 11 heteroatoms. The number of aromatic nitrogens is 3. The van der Waals surface area contributed by atoms with Crippen molar-refractivity contribution in [1.29, 1.82) is 0 Å². The molecule has 0 bridgehead atoms. The molecule has 0 saturated heterocycles. The molecule has 0 saturated carbocycles. The van der Waals surface area contributed by atoms with Crippen LogP contribution in [0.15, 0.2) is 52.7 Å². The van der Waals surface area contributed by atoms with Crippen LogP contribution in [0.1, 0.15) is 5.69 Å². The Morgan fingerprint density at radius 3 is 2.77 bits per heavy atom. The first-order chi connectivity index (χ1) is 14.4. The van der Waals surface area contributed by atoms with Crippen LogP contribution >= 0.6 is 11.3 Å². The van der Waals surface area contributed by atoms with Gasteiger partial charge in [-0.15, -0.1) is 16.4 Å². The summed E-state index contributed by atoms with van der Waals surface area (Å²) in [5.74, 6) is -0.783. The molecule has 2 aromatic heterocycles. The molecule has 0 spiro atoms. The van der Waals surface area contributed by atoms with Crippen molar-refractivity contribution in [2.24, 2.45) is 0 Å². The molecule has 30 heavy (non-hydrogen) atoms. The van der Waals surface area contributed by atoms with Gasteiger partial charge < -0.3 is 4.74 Å². The predicted octanol–water partition coefficient (Wildman–Crippen LogP) is 3.27. The van der Waals surface area contributed by atoms with Gasteiger partial charge in [-0.2, -0.15) is 4.98 Å². The second kappa shape index (κ2) is 8.09. The van der Waals surface area contributed by atoms with Crippen LogP contribution in [0.25, 0.3) is 16.3 Å². The molecule has 2 heterocycles. The summed E-state index contributed by atoms with van der Waals surface area (Å²) in [6.07, 6.45) is 0.337. The van der Waals surface area contributed by atoms with Gasteiger partial charge in [-0.1, -0.05) is 12.1 Å². The molecule has 0 aliphatic carbocycles. The molecule has 2 aromatic carbocycles. The fraction of sp³-hybridized carbons (Fsp3) is 0.158. The van der Waals surface area contributed by atoms with E-state index in [1.54, 1.807) is 16.6 Å². The number of fused-ring (bicyclic) bond motifs is 1. The minimum Gasteiger partial charge on any atom is -0.494 e. The maximum atomic E-state index is 13.8. The van der Waals surface area contributed by atoms with Crippen LogP contribution in [0.4, 0.5) is 8.78 Å². The SMILES string of the molecule is COc1ccc(S(=O)(=O)NCCc2csc3nc(-c4cccc(F)c4)nn23)cc1F. The minimum absolute atomic E-state index is 0.0325. The summed E-state index contributed by atoms with van der Waals surface area (Å²) in [4.78, 5) is 4.81. The number of hydrogen-bond acceptors (Lipinski definition) is 6. The van der Waals surface area contributed by atoms with Crippen molar-refractivity contribution in [3.05, 3.63) is 65.2 Å². The number of thiazole rings is 1. The maximum absolute atomic E-state index is 13.8. The monoisotopic (exact) mass is 450 g/mol. The predicted molar refractivity (Wildman–Crippen MR) is 108 cm³/mol. The van der Waals surface area contributed by atoms with E-state index >= 15 is 0 Å². The zero-order chi connectivity index (χ0) is 21.3. The van der Waals surface area contributed by atoms with Crippen LogP contribution in [0.2, 0.25) is 0 Å². The Balaban J connectivity index is 1.48. The lowest BCUT2D eigenvalue weighted by atomic mass is 10.2.